The fraction of sp³-hybridized carbons (Fsp3) is 0.737. The Morgan fingerprint density at radius 1 is 1.11 bits per heavy atom. The number of aryl methyl sites for hydroxylation is 1. The summed E-state index contributed by atoms with van der Waals surface area (Å²) in [6.45, 7) is 4.21. The van der Waals surface area contributed by atoms with Gasteiger partial charge in [-0.05, 0) is 64.6 Å². The first-order valence-electron chi connectivity index (χ1n) is 10.3. The first-order valence-corrected chi connectivity index (χ1v) is 10.3. The van der Waals surface area contributed by atoms with Gasteiger partial charge in [-0.3, -0.25) is 4.57 Å². The van der Waals surface area contributed by atoms with Crippen LogP contribution in [0.2, 0.25) is 0 Å². The Morgan fingerprint density at radius 2 is 1.89 bits per heavy atom. The van der Waals surface area contributed by atoms with Crippen LogP contribution in [-0.2, 0) is 6.54 Å². The number of H-pyrrole nitrogens is 1. The van der Waals surface area contributed by atoms with Crippen molar-refractivity contribution in [1.29, 1.82) is 0 Å². The van der Waals surface area contributed by atoms with E-state index in [2.05, 4.69) is 25.2 Å². The number of piperidine rings is 1. The van der Waals surface area contributed by atoms with Crippen LogP contribution in [0.3, 0.4) is 0 Å². The second-order valence-corrected chi connectivity index (χ2v) is 7.67. The molecular weight excluding hydrogens is 344 g/mol. The van der Waals surface area contributed by atoms with Gasteiger partial charge in [0.15, 0.2) is 11.5 Å². The van der Waals surface area contributed by atoms with Gasteiger partial charge in [0.25, 0.3) is 0 Å². The highest BCUT2D eigenvalue weighted by Gasteiger charge is 2.22. The van der Waals surface area contributed by atoms with Gasteiger partial charge < -0.3 is 19.9 Å². The van der Waals surface area contributed by atoms with Crippen LogP contribution in [0.4, 0.5) is 5.82 Å². The molecule has 2 aliphatic rings. The molecule has 3 heterocycles. The molecule has 0 aromatic carbocycles. The lowest BCUT2D eigenvalue weighted by Crippen LogP contribution is -2.30. The summed E-state index contributed by atoms with van der Waals surface area (Å²) in [7, 11) is 1.79. The SMILES string of the molecule is CNc1nc(OC2CCC2)nc2c1[nH]c(=O)n2CCCCN1CCCCC1. The Kier molecular flexibility index (Phi) is 5.61. The van der Waals surface area contributed by atoms with Gasteiger partial charge in [-0.15, -0.1) is 0 Å². The molecule has 8 heteroatoms. The maximum absolute atomic E-state index is 12.5. The number of fused-ring (bicyclic) bond motifs is 1. The highest BCUT2D eigenvalue weighted by atomic mass is 16.5. The summed E-state index contributed by atoms with van der Waals surface area (Å²) in [6.07, 6.45) is 9.54. The number of imidazole rings is 1. The maximum Gasteiger partial charge on any atom is 0.327 e. The summed E-state index contributed by atoms with van der Waals surface area (Å²) in [5, 5.41) is 3.05. The Bertz CT molecular complexity index is 819. The van der Waals surface area contributed by atoms with Crippen molar-refractivity contribution in [3.05, 3.63) is 10.5 Å². The zero-order valence-electron chi connectivity index (χ0n) is 16.2. The predicted molar refractivity (Wildman–Crippen MR) is 105 cm³/mol. The predicted octanol–water partition coefficient (Wildman–Crippen LogP) is 2.36. The molecule has 2 aromatic rings. The molecule has 27 heavy (non-hydrogen) atoms. The lowest BCUT2D eigenvalue weighted by Gasteiger charge is -2.26. The number of nitrogens with one attached hydrogen (secondary N) is 2. The van der Waals surface area contributed by atoms with Gasteiger partial charge in [0.2, 0.25) is 0 Å². The molecule has 0 atom stereocenters. The number of aromatic amines is 1. The van der Waals surface area contributed by atoms with Crippen molar-refractivity contribution in [2.45, 2.75) is 64.0 Å². The third-order valence-corrected chi connectivity index (χ3v) is 5.72. The van der Waals surface area contributed by atoms with E-state index in [0.29, 0.717) is 29.5 Å². The molecule has 0 amide bonds. The quantitative estimate of drug-likeness (QED) is 0.690. The number of rotatable bonds is 8. The van der Waals surface area contributed by atoms with Crippen LogP contribution in [0.5, 0.6) is 6.01 Å². The Hall–Kier alpha value is -2.09. The average molecular weight is 374 g/mol. The fourth-order valence-electron chi connectivity index (χ4n) is 3.88. The van der Waals surface area contributed by atoms with E-state index in [4.69, 9.17) is 4.74 Å². The highest BCUT2D eigenvalue weighted by Crippen LogP contribution is 2.26. The minimum Gasteiger partial charge on any atom is -0.460 e. The number of nitrogens with zero attached hydrogens (tertiary/aromatic N) is 4. The molecule has 1 saturated heterocycles. The molecule has 0 radical (unpaired) electrons. The summed E-state index contributed by atoms with van der Waals surface area (Å²) in [5.74, 6) is 0.610. The molecule has 1 aliphatic heterocycles. The van der Waals surface area contributed by atoms with Crippen LogP contribution < -0.4 is 15.7 Å². The molecule has 0 bridgehead atoms. The number of ether oxygens (including phenoxy) is 1. The number of aromatic nitrogens is 4. The summed E-state index contributed by atoms with van der Waals surface area (Å²) in [6, 6.07) is 0.359. The van der Waals surface area contributed by atoms with Crippen LogP contribution in [0.15, 0.2) is 4.79 Å². The van der Waals surface area contributed by atoms with E-state index in [9.17, 15) is 4.79 Å². The molecule has 4 rings (SSSR count). The lowest BCUT2D eigenvalue weighted by molar-refractivity contribution is 0.109. The van der Waals surface area contributed by atoms with Crippen LogP contribution in [0.25, 0.3) is 11.2 Å². The highest BCUT2D eigenvalue weighted by molar-refractivity contribution is 5.83. The second-order valence-electron chi connectivity index (χ2n) is 7.67. The molecule has 1 aliphatic carbocycles. The maximum atomic E-state index is 12.5. The minimum atomic E-state index is -0.130. The third-order valence-electron chi connectivity index (χ3n) is 5.72. The van der Waals surface area contributed by atoms with Crippen molar-refractivity contribution in [3.8, 4) is 6.01 Å². The molecule has 2 aromatic heterocycles. The van der Waals surface area contributed by atoms with Gasteiger partial charge in [-0.2, -0.15) is 9.97 Å². The lowest BCUT2D eigenvalue weighted by atomic mass is 9.96. The van der Waals surface area contributed by atoms with E-state index in [1.807, 2.05) is 0 Å². The molecule has 1 saturated carbocycles. The summed E-state index contributed by atoms with van der Waals surface area (Å²) in [4.78, 5) is 26.9. The van der Waals surface area contributed by atoms with Gasteiger partial charge in [-0.25, -0.2) is 4.79 Å². The first kappa shape index (κ1) is 18.3. The summed E-state index contributed by atoms with van der Waals surface area (Å²) in [5.41, 5.74) is 1.15. The standard InChI is InChI=1S/C19H30N6O2/c1-20-16-15-17(23-18(22-16)27-14-8-7-9-14)25(19(26)21-15)13-6-5-12-24-10-3-2-4-11-24/h14H,2-13H2,1H3,(H,21,26)(H,20,22,23). The number of hydrogen-bond donors (Lipinski definition) is 2. The second kappa shape index (κ2) is 8.29. The van der Waals surface area contributed by atoms with Crippen molar-refractivity contribution < 1.29 is 4.74 Å². The number of likely N-dealkylation sites (tertiary alicyclic amines) is 1. The molecule has 8 nitrogen and oxygen atoms in total. The first-order chi connectivity index (χ1) is 13.2. The van der Waals surface area contributed by atoms with Crippen LogP contribution >= 0.6 is 0 Å². The topological polar surface area (TPSA) is 88.1 Å². The van der Waals surface area contributed by atoms with Crippen LogP contribution in [-0.4, -0.2) is 57.2 Å². The number of anilines is 1. The molecule has 2 fully saturated rings. The van der Waals surface area contributed by atoms with E-state index in [-0.39, 0.29) is 11.8 Å². The Balaban J connectivity index is 1.46. The zero-order valence-corrected chi connectivity index (χ0v) is 16.2. The van der Waals surface area contributed by atoms with E-state index in [1.54, 1.807) is 11.6 Å². The van der Waals surface area contributed by atoms with E-state index in [1.165, 1.54) is 38.8 Å². The van der Waals surface area contributed by atoms with Crippen LogP contribution in [0.1, 0.15) is 51.4 Å². The number of unbranched alkanes of at least 4 members (excludes halogenated alkanes) is 1. The monoisotopic (exact) mass is 374 g/mol. The van der Waals surface area contributed by atoms with Crippen molar-refractivity contribution in [2.24, 2.45) is 0 Å². The molecule has 0 unspecified atom stereocenters. The van der Waals surface area contributed by atoms with Gasteiger partial charge >= 0.3 is 11.7 Å². The van der Waals surface area contributed by atoms with Crippen molar-refractivity contribution in [2.75, 3.05) is 32.0 Å². The third kappa shape index (κ3) is 4.10. The molecule has 0 spiro atoms. The van der Waals surface area contributed by atoms with Crippen molar-refractivity contribution in [3.63, 3.8) is 0 Å². The summed E-state index contributed by atoms with van der Waals surface area (Å²) < 4.78 is 7.60. The van der Waals surface area contributed by atoms with Crippen LogP contribution in [0, 0.1) is 0 Å². The van der Waals surface area contributed by atoms with E-state index in [0.717, 1.165) is 32.2 Å². The minimum absolute atomic E-state index is 0.130. The largest absolute Gasteiger partial charge is 0.460 e. The van der Waals surface area contributed by atoms with Gasteiger partial charge in [-0.1, -0.05) is 6.42 Å². The number of hydrogen-bond acceptors (Lipinski definition) is 6. The Labute approximate surface area is 159 Å². The zero-order chi connectivity index (χ0) is 18.6. The van der Waals surface area contributed by atoms with E-state index >= 15 is 0 Å². The normalized spacial score (nSPS) is 18.6. The van der Waals surface area contributed by atoms with Gasteiger partial charge in [0.05, 0.1) is 0 Å². The summed E-state index contributed by atoms with van der Waals surface area (Å²) >= 11 is 0. The molecule has 148 valence electrons. The van der Waals surface area contributed by atoms with Gasteiger partial charge in [0, 0.05) is 13.6 Å². The average Bonchev–Trinajstić information content (AvgIpc) is 2.97. The van der Waals surface area contributed by atoms with Crippen molar-refractivity contribution in [1.82, 2.24) is 24.4 Å². The molecule has 2 N–H and O–H groups in total. The smallest absolute Gasteiger partial charge is 0.327 e. The van der Waals surface area contributed by atoms with E-state index < -0.39 is 0 Å². The van der Waals surface area contributed by atoms with Gasteiger partial charge in [0.1, 0.15) is 11.6 Å². The Morgan fingerprint density at radius 3 is 2.59 bits per heavy atom. The fourth-order valence-corrected chi connectivity index (χ4v) is 3.88. The van der Waals surface area contributed by atoms with Crippen molar-refractivity contribution >= 4 is 17.0 Å². The molecular formula is C19H30N6O2.